The molecule has 0 saturated carbocycles. The van der Waals surface area contributed by atoms with E-state index in [4.69, 9.17) is 9.47 Å². The largest absolute Gasteiger partial charge is 0.465 e. The number of nitrogens with zero attached hydrogens (tertiary/aromatic N) is 2. The summed E-state index contributed by atoms with van der Waals surface area (Å²) >= 11 is 0. The highest BCUT2D eigenvalue weighted by Crippen LogP contribution is 2.41. The van der Waals surface area contributed by atoms with E-state index in [-0.39, 0.29) is 11.9 Å². The number of aryl methyl sites for hydroxylation is 8. The monoisotopic (exact) mass is 840 g/mol. The minimum absolute atomic E-state index is 0.164. The molecule has 0 spiro atoms. The molecule has 0 atom stereocenters. The van der Waals surface area contributed by atoms with Gasteiger partial charge in [-0.1, -0.05) is 55.1 Å². The van der Waals surface area contributed by atoms with Crippen LogP contribution in [0, 0.1) is 47.0 Å². The van der Waals surface area contributed by atoms with Crippen LogP contribution < -0.4 is 9.80 Å². The van der Waals surface area contributed by atoms with Crippen LogP contribution in [0.15, 0.2) is 133 Å². The lowest BCUT2D eigenvalue weighted by atomic mass is 9.97. The Morgan fingerprint density at radius 2 is 0.889 bits per heavy atom. The van der Waals surface area contributed by atoms with Crippen molar-refractivity contribution in [2.45, 2.75) is 94.9 Å². The van der Waals surface area contributed by atoms with Crippen molar-refractivity contribution in [3.05, 3.63) is 178 Å². The molecule has 6 nitrogen and oxygen atoms in total. The van der Waals surface area contributed by atoms with E-state index in [2.05, 4.69) is 179 Å². The average Bonchev–Trinajstić information content (AvgIpc) is 3.25. The summed E-state index contributed by atoms with van der Waals surface area (Å²) in [5.74, 6) is -0.504. The lowest BCUT2D eigenvalue weighted by molar-refractivity contribution is -0.153. The molecule has 0 fully saturated rings. The van der Waals surface area contributed by atoms with Crippen LogP contribution in [0.3, 0.4) is 0 Å². The van der Waals surface area contributed by atoms with Crippen LogP contribution >= 0.6 is 0 Å². The number of anilines is 6. The van der Waals surface area contributed by atoms with Gasteiger partial charge in [0, 0.05) is 39.7 Å². The predicted octanol–water partition coefficient (Wildman–Crippen LogP) is 14.7. The fourth-order valence-electron chi connectivity index (χ4n) is 7.60. The summed E-state index contributed by atoms with van der Waals surface area (Å²) in [5.41, 5.74) is 18.6. The summed E-state index contributed by atoms with van der Waals surface area (Å²) in [4.78, 5) is 28.7. The molecule has 0 aliphatic carbocycles. The van der Waals surface area contributed by atoms with Gasteiger partial charge in [0.25, 0.3) is 0 Å². The smallest absolute Gasteiger partial charge is 0.333 e. The first-order valence-electron chi connectivity index (χ1n) is 22.1. The minimum Gasteiger partial charge on any atom is -0.465 e. The highest BCUT2D eigenvalue weighted by molar-refractivity contribution is 5.87. The Hall–Kier alpha value is -6.40. The van der Waals surface area contributed by atoms with Gasteiger partial charge in [0.1, 0.15) is 0 Å². The van der Waals surface area contributed by atoms with E-state index in [1.54, 1.807) is 6.92 Å². The van der Waals surface area contributed by atoms with E-state index in [0.29, 0.717) is 18.8 Å². The number of hydrogen-bond donors (Lipinski definition) is 0. The van der Waals surface area contributed by atoms with Crippen LogP contribution in [0.1, 0.15) is 85.0 Å². The van der Waals surface area contributed by atoms with Gasteiger partial charge < -0.3 is 19.3 Å². The van der Waals surface area contributed by atoms with E-state index in [0.717, 1.165) is 70.9 Å². The number of rotatable bonds is 16. The zero-order valence-corrected chi connectivity index (χ0v) is 39.0. The molecule has 6 heteroatoms. The van der Waals surface area contributed by atoms with Crippen molar-refractivity contribution >= 4 is 46.1 Å². The molecule has 0 bridgehead atoms. The van der Waals surface area contributed by atoms with Gasteiger partial charge in [0.15, 0.2) is 0 Å². The third-order valence-electron chi connectivity index (χ3n) is 11.7. The average molecular weight is 841 g/mol. The number of esters is 2. The Bertz CT molecular complexity index is 2580. The minimum atomic E-state index is -0.494. The van der Waals surface area contributed by atoms with Gasteiger partial charge in [-0.15, -0.1) is 0 Å². The highest BCUT2D eigenvalue weighted by Gasteiger charge is 2.23. The van der Waals surface area contributed by atoms with Crippen LogP contribution in [0.4, 0.5) is 34.1 Å². The first kappa shape index (κ1) is 46.1. The number of ether oxygens (including phenoxy) is 2. The number of hydrogen-bond acceptors (Lipinski definition) is 6. The van der Waals surface area contributed by atoms with Crippen LogP contribution in [-0.4, -0.2) is 25.2 Å². The molecule has 0 aliphatic heterocycles. The SMILES string of the molecule is C=C(C)C(=O)OCCCc1ccc(N(c2ccc(C)c(C)c2)c2ccc(-c3ccc(N(c4ccc(CCCOC(=O)C(C)(C)C)cc4)c4ccc(C)c(C)c4)c(C)c3)cc2C)cc1. The molecule has 0 amide bonds. The topological polar surface area (TPSA) is 59.1 Å². The molecule has 0 radical (unpaired) electrons. The molecule has 0 aliphatic rings. The fraction of sp³-hybridized carbons (Fsp3) is 0.298. The number of carbonyl (C=O) groups excluding carboxylic acids is 2. The first-order valence-corrected chi connectivity index (χ1v) is 22.1. The first-order chi connectivity index (χ1) is 30.0. The molecule has 0 saturated heterocycles. The Labute approximate surface area is 376 Å². The Morgan fingerprint density at radius 3 is 1.25 bits per heavy atom. The third-order valence-corrected chi connectivity index (χ3v) is 11.7. The van der Waals surface area contributed by atoms with Crippen molar-refractivity contribution in [1.82, 2.24) is 0 Å². The maximum Gasteiger partial charge on any atom is 0.333 e. The lowest BCUT2D eigenvalue weighted by Crippen LogP contribution is -2.23. The summed E-state index contributed by atoms with van der Waals surface area (Å²) in [6, 6.07) is 44.3. The Balaban J connectivity index is 1.26. The molecular weight excluding hydrogens is 777 g/mol. The molecule has 326 valence electrons. The maximum atomic E-state index is 12.2. The summed E-state index contributed by atoms with van der Waals surface area (Å²) in [6.07, 6.45) is 3.17. The van der Waals surface area contributed by atoms with Gasteiger partial charge in [-0.25, -0.2) is 4.79 Å². The van der Waals surface area contributed by atoms with E-state index in [1.807, 2.05) is 20.8 Å². The molecule has 6 rings (SSSR count). The molecule has 6 aromatic carbocycles. The summed E-state index contributed by atoms with van der Waals surface area (Å²) < 4.78 is 10.8. The summed E-state index contributed by atoms with van der Waals surface area (Å²) in [6.45, 7) is 24.8. The zero-order chi connectivity index (χ0) is 45.4. The van der Waals surface area contributed by atoms with Crippen LogP contribution in [-0.2, 0) is 31.9 Å². The van der Waals surface area contributed by atoms with Gasteiger partial charge in [0.2, 0.25) is 0 Å². The van der Waals surface area contributed by atoms with Crippen LogP contribution in [0.2, 0.25) is 0 Å². The quantitative estimate of drug-likeness (QED) is 0.0550. The summed E-state index contributed by atoms with van der Waals surface area (Å²) in [7, 11) is 0. The van der Waals surface area contributed by atoms with Crippen molar-refractivity contribution in [2.75, 3.05) is 23.0 Å². The van der Waals surface area contributed by atoms with Gasteiger partial charge in [-0.05, 0) is 223 Å². The van der Waals surface area contributed by atoms with Crippen molar-refractivity contribution < 1.29 is 19.1 Å². The van der Waals surface area contributed by atoms with E-state index >= 15 is 0 Å². The second-order valence-corrected chi connectivity index (χ2v) is 18.1. The van der Waals surface area contributed by atoms with E-state index in [1.165, 1.54) is 44.5 Å². The molecule has 0 N–H and O–H groups in total. The third kappa shape index (κ3) is 11.6. The summed E-state index contributed by atoms with van der Waals surface area (Å²) in [5, 5.41) is 0. The van der Waals surface area contributed by atoms with Gasteiger partial charge in [0.05, 0.1) is 18.6 Å². The van der Waals surface area contributed by atoms with Crippen LogP contribution in [0.5, 0.6) is 0 Å². The Morgan fingerprint density at radius 1 is 0.492 bits per heavy atom. The van der Waals surface area contributed by atoms with Crippen molar-refractivity contribution in [2.24, 2.45) is 5.41 Å². The van der Waals surface area contributed by atoms with Crippen LogP contribution in [0.25, 0.3) is 11.1 Å². The molecular formula is C57H64N2O4. The highest BCUT2D eigenvalue weighted by atomic mass is 16.5. The molecule has 0 heterocycles. The molecule has 0 aromatic heterocycles. The van der Waals surface area contributed by atoms with Crippen molar-refractivity contribution in [3.8, 4) is 11.1 Å². The van der Waals surface area contributed by atoms with Gasteiger partial charge >= 0.3 is 11.9 Å². The second-order valence-electron chi connectivity index (χ2n) is 18.1. The van der Waals surface area contributed by atoms with Crippen molar-refractivity contribution in [1.29, 1.82) is 0 Å². The van der Waals surface area contributed by atoms with E-state index in [9.17, 15) is 9.59 Å². The second kappa shape index (κ2) is 20.2. The normalized spacial score (nSPS) is 11.3. The predicted molar refractivity (Wildman–Crippen MR) is 262 cm³/mol. The van der Waals surface area contributed by atoms with Crippen molar-refractivity contribution in [3.63, 3.8) is 0 Å². The lowest BCUT2D eigenvalue weighted by Gasteiger charge is -2.29. The van der Waals surface area contributed by atoms with Gasteiger partial charge in [-0.2, -0.15) is 0 Å². The van der Waals surface area contributed by atoms with Gasteiger partial charge in [-0.3, -0.25) is 4.79 Å². The van der Waals surface area contributed by atoms with E-state index < -0.39 is 5.41 Å². The number of carbonyl (C=O) groups is 2. The maximum absolute atomic E-state index is 12.2. The fourth-order valence-corrected chi connectivity index (χ4v) is 7.60. The molecule has 63 heavy (non-hydrogen) atoms. The number of benzene rings is 6. The molecule has 0 unspecified atom stereocenters. The zero-order valence-electron chi connectivity index (χ0n) is 39.0. The Kier molecular flexibility index (Phi) is 14.8. The standard InChI is InChI=1S/C57H64N2O4/c1-38(2)55(60)62-32-12-14-45-18-26-49(27-19-45)58(51-24-16-39(3)41(5)36-51)53-30-22-47(34-43(53)7)48-23-31-54(44(8)35-48)59(52-25-17-40(4)42(6)37-52)50-28-20-46(21-29-50)15-13-33-63-56(61)57(9,10)11/h16-31,34-37H,1,12-15,32-33H2,2-11H3. The molecule has 6 aromatic rings.